The third-order valence-corrected chi connectivity index (χ3v) is 6.14. The summed E-state index contributed by atoms with van der Waals surface area (Å²) in [5.74, 6) is 1.71. The van der Waals surface area contributed by atoms with E-state index in [1.54, 1.807) is 7.11 Å². The van der Waals surface area contributed by atoms with Gasteiger partial charge in [-0.25, -0.2) is 0 Å². The second-order valence-electron chi connectivity index (χ2n) is 7.81. The van der Waals surface area contributed by atoms with Gasteiger partial charge in [0.15, 0.2) is 5.76 Å². The summed E-state index contributed by atoms with van der Waals surface area (Å²) < 4.78 is 11.1. The van der Waals surface area contributed by atoms with Gasteiger partial charge in [0.1, 0.15) is 11.3 Å². The van der Waals surface area contributed by atoms with E-state index in [2.05, 4.69) is 16.3 Å². The zero-order valence-electron chi connectivity index (χ0n) is 16.4. The number of fused-ring (bicyclic) bond motifs is 4. The molecule has 4 heterocycles. The second kappa shape index (κ2) is 8.09. The number of carbonyl (C=O) groups is 1. The first-order valence-corrected chi connectivity index (χ1v) is 9.91. The molecule has 152 valence electrons. The molecule has 0 unspecified atom stereocenters. The molecule has 0 saturated carbocycles. The lowest BCUT2D eigenvalue weighted by Gasteiger charge is -2.44. The van der Waals surface area contributed by atoms with E-state index in [0.29, 0.717) is 11.7 Å². The number of carbonyl (C=O) groups excluding carboxylic acids is 1. The Hall–Kier alpha value is -2.50. The average molecular weight is 413 g/mol. The fraction of sp³-hybridized carbons (Fsp3) is 0.348. The minimum Gasteiger partial charge on any atom is -0.497 e. The van der Waals surface area contributed by atoms with E-state index in [1.807, 2.05) is 42.5 Å². The van der Waals surface area contributed by atoms with Crippen LogP contribution in [0.1, 0.15) is 23.4 Å². The number of rotatable bonds is 4. The number of halogens is 1. The molecule has 3 aromatic rings. The number of benzene rings is 2. The van der Waals surface area contributed by atoms with Crippen LogP contribution in [0.5, 0.6) is 5.75 Å². The van der Waals surface area contributed by atoms with Gasteiger partial charge in [0.25, 0.3) is 5.91 Å². The lowest BCUT2D eigenvalue weighted by molar-refractivity contribution is 0.0607. The minimum absolute atomic E-state index is 0. The molecule has 0 radical (unpaired) electrons. The number of hydrogen-bond donors (Lipinski definition) is 1. The van der Waals surface area contributed by atoms with Gasteiger partial charge in [0.2, 0.25) is 0 Å². The lowest BCUT2D eigenvalue weighted by atomic mass is 9.84. The fourth-order valence-electron chi connectivity index (χ4n) is 4.49. The van der Waals surface area contributed by atoms with Crippen molar-refractivity contribution >= 4 is 29.3 Å². The molecular formula is C23H25ClN2O3. The Balaban J connectivity index is 0.00000205. The third kappa shape index (κ3) is 3.85. The largest absolute Gasteiger partial charge is 0.497 e. The Labute approximate surface area is 176 Å². The maximum atomic E-state index is 12.7. The predicted molar refractivity (Wildman–Crippen MR) is 116 cm³/mol. The SMILES string of the molecule is COc1ccc(-c2ccc3oc(C(=O)N[C@H]4CN5CCC4CC5)cc3c2)cc1.Cl. The maximum Gasteiger partial charge on any atom is 0.287 e. The number of furan rings is 1. The molecule has 1 aromatic heterocycles. The van der Waals surface area contributed by atoms with E-state index in [9.17, 15) is 4.79 Å². The maximum absolute atomic E-state index is 12.7. The highest BCUT2D eigenvalue weighted by atomic mass is 35.5. The Bertz CT molecular complexity index is 1010. The summed E-state index contributed by atoms with van der Waals surface area (Å²) >= 11 is 0. The van der Waals surface area contributed by atoms with Crippen LogP contribution in [0, 0.1) is 5.92 Å². The number of piperidine rings is 3. The van der Waals surface area contributed by atoms with Crippen LogP contribution in [0.25, 0.3) is 22.1 Å². The molecular weight excluding hydrogens is 388 g/mol. The van der Waals surface area contributed by atoms with Crippen molar-refractivity contribution in [3.05, 3.63) is 54.3 Å². The van der Waals surface area contributed by atoms with Crippen molar-refractivity contribution < 1.29 is 13.9 Å². The standard InChI is InChI=1S/C23H24N2O3.ClH/c1-27-19-5-2-15(3-6-19)17-4-7-21-18(12-17)13-22(28-21)23(26)24-20-14-25-10-8-16(20)9-11-25;/h2-7,12-13,16,20H,8-11,14H2,1H3,(H,24,26);1H/t20-;/m0./s1. The van der Waals surface area contributed by atoms with E-state index in [0.717, 1.165) is 47.5 Å². The number of ether oxygens (including phenoxy) is 1. The zero-order chi connectivity index (χ0) is 19.1. The summed E-state index contributed by atoms with van der Waals surface area (Å²) in [5, 5.41) is 4.14. The zero-order valence-corrected chi connectivity index (χ0v) is 17.2. The average Bonchev–Trinajstić information content (AvgIpc) is 3.18. The summed E-state index contributed by atoms with van der Waals surface area (Å²) in [6.07, 6.45) is 2.35. The van der Waals surface area contributed by atoms with Crippen LogP contribution >= 0.6 is 12.4 Å². The Morgan fingerprint density at radius 1 is 1.07 bits per heavy atom. The molecule has 29 heavy (non-hydrogen) atoms. The van der Waals surface area contributed by atoms with Gasteiger partial charge in [0.05, 0.1) is 7.11 Å². The smallest absolute Gasteiger partial charge is 0.287 e. The van der Waals surface area contributed by atoms with Crippen molar-refractivity contribution in [1.29, 1.82) is 0 Å². The Morgan fingerprint density at radius 2 is 1.79 bits per heavy atom. The van der Waals surface area contributed by atoms with Gasteiger partial charge in [-0.05, 0) is 73.3 Å². The highest BCUT2D eigenvalue weighted by Gasteiger charge is 2.35. The van der Waals surface area contributed by atoms with E-state index in [-0.39, 0.29) is 24.4 Å². The van der Waals surface area contributed by atoms with Crippen molar-refractivity contribution in [1.82, 2.24) is 10.2 Å². The number of amides is 1. The molecule has 3 fully saturated rings. The Morgan fingerprint density at radius 3 is 2.45 bits per heavy atom. The van der Waals surface area contributed by atoms with Crippen LogP contribution in [-0.4, -0.2) is 43.6 Å². The van der Waals surface area contributed by atoms with Crippen LogP contribution in [-0.2, 0) is 0 Å². The molecule has 1 N–H and O–H groups in total. The second-order valence-corrected chi connectivity index (χ2v) is 7.81. The van der Waals surface area contributed by atoms with Gasteiger partial charge in [-0.2, -0.15) is 0 Å². The molecule has 1 atom stereocenters. The molecule has 2 bridgehead atoms. The van der Waals surface area contributed by atoms with Crippen LogP contribution in [0.15, 0.2) is 52.9 Å². The molecule has 6 heteroatoms. The van der Waals surface area contributed by atoms with E-state index < -0.39 is 0 Å². The van der Waals surface area contributed by atoms with E-state index >= 15 is 0 Å². The highest BCUT2D eigenvalue weighted by Crippen LogP contribution is 2.30. The van der Waals surface area contributed by atoms with Crippen molar-refractivity contribution in [2.45, 2.75) is 18.9 Å². The van der Waals surface area contributed by atoms with Gasteiger partial charge >= 0.3 is 0 Å². The topological polar surface area (TPSA) is 54.7 Å². The number of nitrogens with one attached hydrogen (secondary N) is 1. The van der Waals surface area contributed by atoms with Gasteiger partial charge in [-0.3, -0.25) is 4.79 Å². The summed E-state index contributed by atoms with van der Waals surface area (Å²) in [6.45, 7) is 3.28. The van der Waals surface area contributed by atoms with Crippen molar-refractivity contribution in [2.24, 2.45) is 5.92 Å². The molecule has 3 aliphatic heterocycles. The summed E-state index contributed by atoms with van der Waals surface area (Å²) in [7, 11) is 1.66. The first kappa shape index (κ1) is 19.8. The predicted octanol–water partition coefficient (Wildman–Crippen LogP) is 4.35. The van der Waals surface area contributed by atoms with Crippen LogP contribution in [0.2, 0.25) is 0 Å². The van der Waals surface area contributed by atoms with E-state index in [1.165, 1.54) is 12.8 Å². The monoisotopic (exact) mass is 412 g/mol. The number of methoxy groups -OCH3 is 1. The lowest BCUT2D eigenvalue weighted by Crippen LogP contribution is -2.57. The first-order chi connectivity index (χ1) is 13.7. The molecule has 2 aromatic carbocycles. The van der Waals surface area contributed by atoms with Crippen molar-refractivity contribution in [2.75, 3.05) is 26.7 Å². The quantitative estimate of drug-likeness (QED) is 0.692. The van der Waals surface area contributed by atoms with Gasteiger partial charge in [-0.15, -0.1) is 12.4 Å². The summed E-state index contributed by atoms with van der Waals surface area (Å²) in [6, 6.07) is 16.0. The molecule has 0 aliphatic carbocycles. The van der Waals surface area contributed by atoms with Gasteiger partial charge < -0.3 is 19.4 Å². The normalized spacial score (nSPS) is 22.9. The molecule has 3 aliphatic rings. The molecule has 3 saturated heterocycles. The molecule has 5 nitrogen and oxygen atoms in total. The molecule has 6 rings (SSSR count). The van der Waals surface area contributed by atoms with Gasteiger partial charge in [0, 0.05) is 18.0 Å². The first-order valence-electron chi connectivity index (χ1n) is 9.91. The highest BCUT2D eigenvalue weighted by molar-refractivity contribution is 5.97. The van der Waals surface area contributed by atoms with Crippen molar-refractivity contribution in [3.8, 4) is 16.9 Å². The summed E-state index contributed by atoms with van der Waals surface area (Å²) in [4.78, 5) is 15.2. The Kier molecular flexibility index (Phi) is 5.52. The molecule has 0 spiro atoms. The molecule has 1 amide bonds. The number of nitrogens with zero attached hydrogens (tertiary/aromatic N) is 1. The van der Waals surface area contributed by atoms with Crippen LogP contribution in [0.4, 0.5) is 0 Å². The van der Waals surface area contributed by atoms with Gasteiger partial charge in [-0.1, -0.05) is 18.2 Å². The number of hydrogen-bond acceptors (Lipinski definition) is 4. The van der Waals surface area contributed by atoms with Crippen LogP contribution in [0.3, 0.4) is 0 Å². The minimum atomic E-state index is -0.110. The van der Waals surface area contributed by atoms with Crippen LogP contribution < -0.4 is 10.1 Å². The third-order valence-electron chi connectivity index (χ3n) is 6.14. The van der Waals surface area contributed by atoms with E-state index in [4.69, 9.17) is 9.15 Å². The van der Waals surface area contributed by atoms with Crippen molar-refractivity contribution in [3.63, 3.8) is 0 Å². The fourth-order valence-corrected chi connectivity index (χ4v) is 4.49. The summed E-state index contributed by atoms with van der Waals surface area (Å²) in [5.41, 5.74) is 2.92.